The number of aliphatic imine (C=N–C) groups is 1. The van der Waals surface area contributed by atoms with E-state index in [-0.39, 0.29) is 11.8 Å². The summed E-state index contributed by atoms with van der Waals surface area (Å²) in [5.74, 6) is 0.781. The van der Waals surface area contributed by atoms with Crippen molar-refractivity contribution in [1.82, 2.24) is 9.80 Å². The highest BCUT2D eigenvalue weighted by Gasteiger charge is 2.33. The molecule has 1 aromatic carbocycles. The molecule has 130 valence electrons. The van der Waals surface area contributed by atoms with Gasteiger partial charge in [-0.3, -0.25) is 9.79 Å². The van der Waals surface area contributed by atoms with Crippen molar-refractivity contribution in [2.75, 3.05) is 27.2 Å². The highest BCUT2D eigenvalue weighted by atomic mass is 16.2. The average Bonchev–Trinajstić information content (AvgIpc) is 3.10. The predicted molar refractivity (Wildman–Crippen MR) is 101 cm³/mol. The van der Waals surface area contributed by atoms with Crippen molar-refractivity contribution in [1.29, 1.82) is 0 Å². The molecule has 1 atom stereocenters. The van der Waals surface area contributed by atoms with Gasteiger partial charge in [-0.25, -0.2) is 0 Å². The van der Waals surface area contributed by atoms with E-state index in [4.69, 9.17) is 0 Å². The number of rotatable bonds is 3. The van der Waals surface area contributed by atoms with Gasteiger partial charge >= 0.3 is 0 Å². The lowest BCUT2D eigenvalue weighted by Crippen LogP contribution is -2.37. The Kier molecular flexibility index (Phi) is 4.30. The summed E-state index contributed by atoms with van der Waals surface area (Å²) in [6, 6.07) is 8.83. The van der Waals surface area contributed by atoms with Crippen LogP contribution in [0.15, 0.2) is 47.7 Å². The van der Waals surface area contributed by atoms with Crippen LogP contribution in [0.5, 0.6) is 0 Å². The number of allylic oxidation sites excluding steroid dienone is 2. The number of fused-ring (bicyclic) bond motifs is 1. The van der Waals surface area contributed by atoms with Crippen LogP contribution in [0.4, 0.5) is 0 Å². The van der Waals surface area contributed by atoms with E-state index in [1.807, 2.05) is 19.3 Å². The highest BCUT2D eigenvalue weighted by Crippen LogP contribution is 2.34. The molecule has 0 N–H and O–H groups in total. The van der Waals surface area contributed by atoms with Gasteiger partial charge in [-0.05, 0) is 62.0 Å². The first-order valence-corrected chi connectivity index (χ1v) is 9.13. The molecule has 0 radical (unpaired) electrons. The molecule has 1 amide bonds. The van der Waals surface area contributed by atoms with E-state index in [0.717, 1.165) is 12.3 Å². The van der Waals surface area contributed by atoms with Crippen molar-refractivity contribution >= 4 is 17.2 Å². The van der Waals surface area contributed by atoms with E-state index in [1.165, 1.54) is 42.6 Å². The van der Waals surface area contributed by atoms with Crippen molar-refractivity contribution in [3.05, 3.63) is 53.9 Å². The van der Waals surface area contributed by atoms with E-state index < -0.39 is 0 Å². The standard InChI is InChI=1S/C21H25N3O/c1-23-10-7-15(8-11-23)12-16-4-3-5-17(13-16)19-14-24(2)21(25)20-18(19)6-9-22-20/h3-6,9,13-15,18H,7-8,10-12H2,1-2H3. The van der Waals surface area contributed by atoms with Crippen molar-refractivity contribution in [2.45, 2.75) is 19.3 Å². The maximum Gasteiger partial charge on any atom is 0.272 e. The molecule has 0 aliphatic carbocycles. The topological polar surface area (TPSA) is 35.9 Å². The third kappa shape index (κ3) is 3.19. The van der Waals surface area contributed by atoms with Crippen LogP contribution >= 0.6 is 0 Å². The number of likely N-dealkylation sites (tertiary alicyclic amines) is 1. The van der Waals surface area contributed by atoms with Crippen molar-refractivity contribution in [3.8, 4) is 0 Å². The molecule has 3 heterocycles. The first kappa shape index (κ1) is 16.3. The molecule has 25 heavy (non-hydrogen) atoms. The Morgan fingerprint density at radius 1 is 1.20 bits per heavy atom. The fourth-order valence-corrected chi connectivity index (χ4v) is 4.08. The summed E-state index contributed by atoms with van der Waals surface area (Å²) in [6.45, 7) is 2.41. The zero-order valence-electron chi connectivity index (χ0n) is 15.0. The van der Waals surface area contributed by atoms with E-state index in [0.29, 0.717) is 5.71 Å². The molecule has 1 saturated heterocycles. The third-order valence-electron chi connectivity index (χ3n) is 5.62. The number of nitrogens with zero attached hydrogens (tertiary/aromatic N) is 3. The Balaban J connectivity index is 1.57. The van der Waals surface area contributed by atoms with E-state index in [9.17, 15) is 4.79 Å². The molecule has 0 saturated carbocycles. The number of carbonyl (C=O) groups excluding carboxylic acids is 1. The van der Waals surface area contributed by atoms with Crippen molar-refractivity contribution in [3.63, 3.8) is 0 Å². The Morgan fingerprint density at radius 3 is 2.80 bits per heavy atom. The molecule has 0 spiro atoms. The lowest BCUT2D eigenvalue weighted by Gasteiger charge is -2.29. The fourth-order valence-electron chi connectivity index (χ4n) is 4.08. The zero-order chi connectivity index (χ0) is 17.4. The van der Waals surface area contributed by atoms with Gasteiger partial charge in [0.1, 0.15) is 5.71 Å². The predicted octanol–water partition coefficient (Wildman–Crippen LogP) is 2.97. The number of hydrogen-bond donors (Lipinski definition) is 0. The smallest absolute Gasteiger partial charge is 0.272 e. The van der Waals surface area contributed by atoms with E-state index in [2.05, 4.69) is 41.2 Å². The second-order valence-electron chi connectivity index (χ2n) is 7.49. The lowest BCUT2D eigenvalue weighted by molar-refractivity contribution is -0.121. The Morgan fingerprint density at radius 2 is 2.00 bits per heavy atom. The van der Waals surface area contributed by atoms with Crippen LogP contribution in [0.1, 0.15) is 24.0 Å². The molecule has 4 heteroatoms. The van der Waals surface area contributed by atoms with Crippen molar-refractivity contribution in [2.24, 2.45) is 16.8 Å². The van der Waals surface area contributed by atoms with Crippen molar-refractivity contribution < 1.29 is 4.79 Å². The van der Waals surface area contributed by atoms with Gasteiger partial charge < -0.3 is 9.80 Å². The molecular weight excluding hydrogens is 310 g/mol. The van der Waals surface area contributed by atoms with Gasteiger partial charge in [-0.15, -0.1) is 0 Å². The van der Waals surface area contributed by atoms with Crippen LogP contribution < -0.4 is 0 Å². The van der Waals surface area contributed by atoms with Gasteiger partial charge in [0.2, 0.25) is 0 Å². The van der Waals surface area contributed by atoms with E-state index in [1.54, 1.807) is 11.1 Å². The van der Waals surface area contributed by atoms with Crippen LogP contribution in [0.2, 0.25) is 0 Å². The average molecular weight is 335 g/mol. The minimum absolute atomic E-state index is 0.00114. The van der Waals surface area contributed by atoms with Gasteiger partial charge in [-0.2, -0.15) is 0 Å². The first-order chi connectivity index (χ1) is 12.1. The summed E-state index contributed by atoms with van der Waals surface area (Å²) in [6.07, 6.45) is 9.45. The SMILES string of the molecule is CN1CCC(Cc2cccc(C3=CN(C)C(=O)C4=NC=CC34)c2)CC1. The van der Waals surface area contributed by atoms with Gasteiger partial charge in [0.25, 0.3) is 5.91 Å². The number of piperidine rings is 1. The number of amides is 1. The highest BCUT2D eigenvalue weighted by molar-refractivity contribution is 6.44. The lowest BCUT2D eigenvalue weighted by atomic mass is 9.85. The molecule has 4 nitrogen and oxygen atoms in total. The Labute approximate surface area is 149 Å². The maximum atomic E-state index is 12.2. The largest absolute Gasteiger partial charge is 0.317 e. The van der Waals surface area contributed by atoms with Crippen LogP contribution in [-0.4, -0.2) is 48.6 Å². The first-order valence-electron chi connectivity index (χ1n) is 9.13. The summed E-state index contributed by atoms with van der Waals surface area (Å²) in [5.41, 5.74) is 4.41. The quantitative estimate of drug-likeness (QED) is 0.851. The molecule has 1 fully saturated rings. The minimum atomic E-state index is 0.00114. The second kappa shape index (κ2) is 6.60. The summed E-state index contributed by atoms with van der Waals surface area (Å²) in [5, 5.41) is 0. The Bertz CT molecular complexity index is 769. The summed E-state index contributed by atoms with van der Waals surface area (Å²) in [4.78, 5) is 20.6. The molecule has 4 rings (SSSR count). The molecule has 1 aromatic rings. The Hall–Kier alpha value is -2.20. The van der Waals surface area contributed by atoms with E-state index >= 15 is 0 Å². The van der Waals surface area contributed by atoms with Gasteiger partial charge in [0.05, 0.1) is 5.92 Å². The molecule has 0 bridgehead atoms. The fraction of sp³-hybridized carbons (Fsp3) is 0.429. The minimum Gasteiger partial charge on any atom is -0.317 e. The van der Waals surface area contributed by atoms with Gasteiger partial charge in [-0.1, -0.05) is 30.3 Å². The molecule has 1 unspecified atom stereocenters. The molecule has 3 aliphatic heterocycles. The summed E-state index contributed by atoms with van der Waals surface area (Å²) >= 11 is 0. The van der Waals surface area contributed by atoms with Crippen LogP contribution in [0, 0.1) is 11.8 Å². The normalized spacial score (nSPS) is 24.3. The number of carbonyl (C=O) groups is 1. The molecule has 0 aromatic heterocycles. The number of hydrogen-bond acceptors (Lipinski definition) is 3. The zero-order valence-corrected chi connectivity index (χ0v) is 15.0. The molecule has 3 aliphatic rings. The summed E-state index contributed by atoms with van der Waals surface area (Å²) < 4.78 is 0. The second-order valence-corrected chi connectivity index (χ2v) is 7.49. The monoisotopic (exact) mass is 335 g/mol. The van der Waals surface area contributed by atoms with Crippen LogP contribution in [-0.2, 0) is 11.2 Å². The third-order valence-corrected chi connectivity index (χ3v) is 5.62. The molecular formula is C21H25N3O. The van der Waals surface area contributed by atoms with Crippen LogP contribution in [0.3, 0.4) is 0 Å². The maximum absolute atomic E-state index is 12.2. The van der Waals surface area contributed by atoms with Gasteiger partial charge in [0.15, 0.2) is 0 Å². The van der Waals surface area contributed by atoms with Crippen LogP contribution in [0.25, 0.3) is 5.57 Å². The summed E-state index contributed by atoms with van der Waals surface area (Å²) in [7, 11) is 4.01. The van der Waals surface area contributed by atoms with Gasteiger partial charge in [0, 0.05) is 19.4 Å². The number of benzene rings is 1.